The van der Waals surface area contributed by atoms with Crippen LogP contribution in [0.1, 0.15) is 44.9 Å². The molecule has 0 aliphatic carbocycles. The number of amides is 2. The Balaban J connectivity index is 1.60. The summed E-state index contributed by atoms with van der Waals surface area (Å²) < 4.78 is 5.89. The van der Waals surface area contributed by atoms with Crippen molar-refractivity contribution in [3.63, 3.8) is 0 Å². The van der Waals surface area contributed by atoms with Crippen molar-refractivity contribution in [2.24, 2.45) is 5.41 Å². The van der Waals surface area contributed by atoms with Crippen molar-refractivity contribution in [2.45, 2.75) is 46.1 Å². The van der Waals surface area contributed by atoms with Crippen molar-refractivity contribution in [1.82, 2.24) is 15.2 Å². The molecule has 1 saturated heterocycles. The first kappa shape index (κ1) is 23.2. The van der Waals surface area contributed by atoms with Crippen LogP contribution in [0.15, 0.2) is 48.7 Å². The minimum atomic E-state index is -0.168. The highest BCUT2D eigenvalue weighted by Crippen LogP contribution is 2.40. The first-order valence-corrected chi connectivity index (χ1v) is 11.2. The predicted octanol–water partition coefficient (Wildman–Crippen LogP) is 4.57. The molecule has 1 aliphatic heterocycles. The Morgan fingerprint density at radius 2 is 2.00 bits per heavy atom. The Morgan fingerprint density at radius 1 is 1.23 bits per heavy atom. The Kier molecular flexibility index (Phi) is 7.68. The van der Waals surface area contributed by atoms with Gasteiger partial charge < -0.3 is 15.4 Å². The van der Waals surface area contributed by atoms with Crippen LogP contribution in [-0.2, 0) is 10.3 Å². The molecule has 0 unspecified atom stereocenters. The number of ether oxygens (including phenoxy) is 1. The average Bonchev–Trinajstić information content (AvgIpc) is 3.19. The van der Waals surface area contributed by atoms with Crippen molar-refractivity contribution in [1.29, 1.82) is 0 Å². The first-order chi connectivity index (χ1) is 14.8. The zero-order chi connectivity index (χ0) is 22.3. The molecular weight excluding hydrogens is 388 g/mol. The maximum Gasteiger partial charge on any atom is 0.319 e. The fourth-order valence-electron chi connectivity index (χ4n) is 4.28. The lowest BCUT2D eigenvalue weighted by molar-refractivity contribution is 0.0388. The van der Waals surface area contributed by atoms with E-state index in [1.165, 1.54) is 5.56 Å². The molecule has 2 aromatic rings. The van der Waals surface area contributed by atoms with Gasteiger partial charge in [0.15, 0.2) is 0 Å². The van der Waals surface area contributed by atoms with Gasteiger partial charge in [0, 0.05) is 48.2 Å². The van der Waals surface area contributed by atoms with Crippen molar-refractivity contribution < 1.29 is 9.53 Å². The highest BCUT2D eigenvalue weighted by atomic mass is 16.5. The van der Waals surface area contributed by atoms with Gasteiger partial charge in [-0.05, 0) is 70.8 Å². The quantitative estimate of drug-likeness (QED) is 0.619. The summed E-state index contributed by atoms with van der Waals surface area (Å²) in [5.74, 6) is 0. The van der Waals surface area contributed by atoms with Crippen molar-refractivity contribution in [3.8, 4) is 0 Å². The zero-order valence-corrected chi connectivity index (χ0v) is 19.3. The van der Waals surface area contributed by atoms with Gasteiger partial charge in [0.1, 0.15) is 0 Å². The van der Waals surface area contributed by atoms with Crippen LogP contribution in [0.25, 0.3) is 0 Å². The van der Waals surface area contributed by atoms with Crippen LogP contribution in [0.4, 0.5) is 10.5 Å². The van der Waals surface area contributed by atoms with Crippen molar-refractivity contribution in [3.05, 3.63) is 59.9 Å². The lowest BCUT2D eigenvalue weighted by Gasteiger charge is -2.38. The topological polar surface area (TPSA) is 66.5 Å². The molecule has 6 nitrogen and oxygen atoms in total. The van der Waals surface area contributed by atoms with Gasteiger partial charge in [-0.25, -0.2) is 4.79 Å². The Morgan fingerprint density at radius 3 is 2.68 bits per heavy atom. The van der Waals surface area contributed by atoms with E-state index in [2.05, 4.69) is 46.5 Å². The molecule has 0 bridgehead atoms. The monoisotopic (exact) mass is 424 g/mol. The van der Waals surface area contributed by atoms with Crippen molar-refractivity contribution >= 4 is 11.7 Å². The summed E-state index contributed by atoms with van der Waals surface area (Å²) in [6.45, 7) is 12.6. The molecule has 3 rings (SSSR count). The molecule has 0 radical (unpaired) electrons. The number of carbonyl (C=O) groups is 1. The average molecular weight is 425 g/mol. The van der Waals surface area contributed by atoms with Crippen LogP contribution in [0.2, 0.25) is 0 Å². The fraction of sp³-hybridized carbons (Fsp3) is 0.520. The summed E-state index contributed by atoms with van der Waals surface area (Å²) in [6, 6.07) is 13.6. The maximum absolute atomic E-state index is 12.3. The largest absolute Gasteiger partial charge is 0.381 e. The number of carbonyl (C=O) groups excluding carboxylic acids is 1. The molecule has 1 aliphatic rings. The maximum atomic E-state index is 12.3. The molecule has 1 aromatic carbocycles. The van der Waals surface area contributed by atoms with E-state index in [-0.39, 0.29) is 17.0 Å². The number of nitrogens with zero attached hydrogens (tertiary/aromatic N) is 2. The number of anilines is 1. The number of hydrogen-bond donors (Lipinski definition) is 2. The van der Waals surface area contributed by atoms with Gasteiger partial charge in [-0.1, -0.05) is 24.3 Å². The van der Waals surface area contributed by atoms with Gasteiger partial charge in [0.25, 0.3) is 0 Å². The minimum Gasteiger partial charge on any atom is -0.381 e. The van der Waals surface area contributed by atoms with Gasteiger partial charge in [0.05, 0.1) is 6.61 Å². The minimum absolute atomic E-state index is 0.0332. The molecule has 2 amide bonds. The molecule has 2 N–H and O–H groups in total. The number of benzene rings is 1. The van der Waals surface area contributed by atoms with Crippen LogP contribution in [-0.4, -0.2) is 48.8 Å². The Bertz CT molecular complexity index is 838. The summed E-state index contributed by atoms with van der Waals surface area (Å²) in [7, 11) is 0. The highest BCUT2D eigenvalue weighted by molar-refractivity contribution is 5.89. The normalized spacial score (nSPS) is 19.4. The van der Waals surface area contributed by atoms with Crippen LogP contribution >= 0.6 is 0 Å². The molecule has 1 aromatic heterocycles. The zero-order valence-electron chi connectivity index (χ0n) is 19.3. The fourth-order valence-corrected chi connectivity index (χ4v) is 4.28. The third kappa shape index (κ3) is 6.05. The number of nitrogens with one attached hydrogen (secondary N) is 2. The predicted molar refractivity (Wildman–Crippen MR) is 125 cm³/mol. The van der Waals surface area contributed by atoms with Crippen LogP contribution < -0.4 is 10.6 Å². The molecular formula is C25H36N4O2. The Labute approximate surface area is 186 Å². The number of pyridine rings is 1. The second-order valence-corrected chi connectivity index (χ2v) is 9.05. The standard InChI is InChI=1S/C25H36N4O2/c1-5-31-19-25(13-15-26-23(30)28-22-9-7-6-8-10-22)14-16-29(18-25)24(3,4)21-12-11-20(2)27-17-21/h6-12,17H,5,13-16,18-19H2,1-4H3,(H2,26,28,30)/t25-/m0/s1. The van der Waals surface area contributed by atoms with Crippen molar-refractivity contribution in [2.75, 3.05) is 38.2 Å². The summed E-state index contributed by atoms with van der Waals surface area (Å²) in [5, 5.41) is 5.90. The SMILES string of the molecule is CCOC[C@@]1(CCNC(=O)Nc2ccccc2)CCN(C(C)(C)c2ccc(C)nc2)C1. The molecule has 6 heteroatoms. The lowest BCUT2D eigenvalue weighted by Crippen LogP contribution is -2.43. The number of para-hydroxylation sites is 1. The summed E-state index contributed by atoms with van der Waals surface area (Å²) in [5.41, 5.74) is 2.99. The molecule has 1 atom stereocenters. The summed E-state index contributed by atoms with van der Waals surface area (Å²) >= 11 is 0. The van der Waals surface area contributed by atoms with Crippen LogP contribution in [0.5, 0.6) is 0 Å². The van der Waals surface area contributed by atoms with Gasteiger partial charge >= 0.3 is 6.03 Å². The highest BCUT2D eigenvalue weighted by Gasteiger charge is 2.43. The smallest absolute Gasteiger partial charge is 0.319 e. The summed E-state index contributed by atoms with van der Waals surface area (Å²) in [6.07, 6.45) is 3.93. The number of aryl methyl sites for hydroxylation is 1. The molecule has 31 heavy (non-hydrogen) atoms. The van der Waals surface area contributed by atoms with E-state index >= 15 is 0 Å². The molecule has 0 spiro atoms. The van der Waals surface area contributed by atoms with Gasteiger partial charge in [0.2, 0.25) is 0 Å². The lowest BCUT2D eigenvalue weighted by atomic mass is 9.84. The van der Waals surface area contributed by atoms with E-state index < -0.39 is 0 Å². The van der Waals surface area contributed by atoms with Gasteiger partial charge in [-0.15, -0.1) is 0 Å². The van der Waals surface area contributed by atoms with E-state index in [9.17, 15) is 4.79 Å². The molecule has 0 saturated carbocycles. The van der Waals surface area contributed by atoms with E-state index in [0.29, 0.717) is 19.8 Å². The van der Waals surface area contributed by atoms with E-state index in [1.807, 2.05) is 50.4 Å². The second-order valence-electron chi connectivity index (χ2n) is 9.05. The molecule has 2 heterocycles. The Hall–Kier alpha value is -2.44. The number of aromatic nitrogens is 1. The van der Waals surface area contributed by atoms with Crippen LogP contribution in [0, 0.1) is 12.3 Å². The molecule has 168 valence electrons. The van der Waals surface area contributed by atoms with E-state index in [4.69, 9.17) is 4.74 Å². The number of rotatable bonds is 9. The molecule has 1 fully saturated rings. The third-order valence-corrected chi connectivity index (χ3v) is 6.43. The van der Waals surface area contributed by atoms with Crippen LogP contribution in [0.3, 0.4) is 0 Å². The first-order valence-electron chi connectivity index (χ1n) is 11.2. The van der Waals surface area contributed by atoms with Gasteiger partial charge in [-0.3, -0.25) is 9.88 Å². The number of hydrogen-bond acceptors (Lipinski definition) is 4. The number of likely N-dealkylation sites (tertiary alicyclic amines) is 1. The third-order valence-electron chi connectivity index (χ3n) is 6.43. The number of urea groups is 1. The summed E-state index contributed by atoms with van der Waals surface area (Å²) in [4.78, 5) is 19.3. The van der Waals surface area contributed by atoms with Gasteiger partial charge in [-0.2, -0.15) is 0 Å². The van der Waals surface area contributed by atoms with E-state index in [1.54, 1.807) is 0 Å². The van der Waals surface area contributed by atoms with E-state index in [0.717, 1.165) is 37.3 Å². The second kappa shape index (κ2) is 10.2.